The van der Waals surface area contributed by atoms with Crippen LogP contribution >= 0.6 is 11.8 Å². The molecule has 2 rings (SSSR count). The molecule has 2 aromatic heterocycles. The van der Waals surface area contributed by atoms with Gasteiger partial charge in [-0.25, -0.2) is 9.78 Å². The van der Waals surface area contributed by atoms with Gasteiger partial charge in [0.25, 0.3) is 5.56 Å². The molecule has 0 bridgehead atoms. The van der Waals surface area contributed by atoms with E-state index >= 15 is 0 Å². The molecule has 2 heterocycles. The molecule has 0 fully saturated rings. The van der Waals surface area contributed by atoms with Crippen LogP contribution in [0.4, 0.5) is 0 Å². The van der Waals surface area contributed by atoms with Gasteiger partial charge in [-0.05, 0) is 12.7 Å². The number of rotatable bonds is 4. The quantitative estimate of drug-likeness (QED) is 0.840. The number of hydrogen-bond acceptors (Lipinski definition) is 4. The van der Waals surface area contributed by atoms with E-state index in [0.29, 0.717) is 29.3 Å². The maximum absolute atomic E-state index is 11.7. The van der Waals surface area contributed by atoms with Crippen LogP contribution in [0, 0.1) is 0 Å². The van der Waals surface area contributed by atoms with E-state index in [1.807, 2.05) is 13.2 Å². The second kappa shape index (κ2) is 4.79. The molecule has 2 aromatic rings. The minimum Gasteiger partial charge on any atom is -0.335 e. The maximum atomic E-state index is 11.7. The van der Waals surface area contributed by atoms with Crippen molar-refractivity contribution in [3.63, 3.8) is 0 Å². The molecule has 6 nitrogen and oxygen atoms in total. The number of fused-ring (bicyclic) bond motifs is 1. The second-order valence-corrected chi connectivity index (χ2v) is 4.59. The molecule has 0 spiro atoms. The standard InChI is InChI=1S/C10H14N4O2S/c1-3-4-14-8-7(9(15)13-10(14)16)11-6(12-8)5-17-2/h3-5H2,1-2H3,(H,11,12)(H,13,15,16). The Morgan fingerprint density at radius 3 is 2.76 bits per heavy atom. The summed E-state index contributed by atoms with van der Waals surface area (Å²) in [5.41, 5.74) is 0.0236. The average molecular weight is 254 g/mol. The maximum Gasteiger partial charge on any atom is 0.330 e. The van der Waals surface area contributed by atoms with Gasteiger partial charge < -0.3 is 4.98 Å². The number of imidazole rings is 1. The van der Waals surface area contributed by atoms with Gasteiger partial charge in [0.1, 0.15) is 11.3 Å². The van der Waals surface area contributed by atoms with Gasteiger partial charge in [0.2, 0.25) is 0 Å². The van der Waals surface area contributed by atoms with Crippen LogP contribution in [0.3, 0.4) is 0 Å². The number of aromatic amines is 2. The first-order chi connectivity index (χ1) is 8.17. The number of nitrogens with one attached hydrogen (secondary N) is 2. The third kappa shape index (κ3) is 2.14. The zero-order valence-corrected chi connectivity index (χ0v) is 10.6. The Labute approximate surface area is 101 Å². The van der Waals surface area contributed by atoms with Crippen LogP contribution in [-0.2, 0) is 12.3 Å². The largest absolute Gasteiger partial charge is 0.335 e. The molecule has 7 heteroatoms. The second-order valence-electron chi connectivity index (χ2n) is 3.73. The van der Waals surface area contributed by atoms with E-state index in [9.17, 15) is 9.59 Å². The van der Waals surface area contributed by atoms with Crippen LogP contribution < -0.4 is 11.2 Å². The monoisotopic (exact) mass is 254 g/mol. The van der Waals surface area contributed by atoms with Crippen molar-refractivity contribution in [3.8, 4) is 0 Å². The molecule has 0 amide bonds. The highest BCUT2D eigenvalue weighted by Crippen LogP contribution is 2.09. The first kappa shape index (κ1) is 12.0. The summed E-state index contributed by atoms with van der Waals surface area (Å²) in [6.07, 6.45) is 2.77. The van der Waals surface area contributed by atoms with Crippen molar-refractivity contribution in [1.82, 2.24) is 19.5 Å². The molecule has 17 heavy (non-hydrogen) atoms. The number of aryl methyl sites for hydroxylation is 1. The van der Waals surface area contributed by atoms with Gasteiger partial charge in [-0.1, -0.05) is 6.92 Å². The molecule has 0 aliphatic rings. The fourth-order valence-electron chi connectivity index (χ4n) is 1.72. The molecule has 0 aliphatic heterocycles. The van der Waals surface area contributed by atoms with Crippen molar-refractivity contribution < 1.29 is 0 Å². The molecule has 0 aromatic carbocycles. The Bertz CT molecular complexity index is 640. The van der Waals surface area contributed by atoms with E-state index < -0.39 is 11.2 Å². The van der Waals surface area contributed by atoms with E-state index in [-0.39, 0.29) is 0 Å². The molecular weight excluding hydrogens is 240 g/mol. The Morgan fingerprint density at radius 2 is 2.12 bits per heavy atom. The molecule has 0 radical (unpaired) electrons. The Hall–Kier alpha value is -1.50. The lowest BCUT2D eigenvalue weighted by molar-refractivity contribution is 0.652. The third-order valence-corrected chi connectivity index (χ3v) is 2.97. The van der Waals surface area contributed by atoms with Gasteiger partial charge in [-0.15, -0.1) is 0 Å². The molecule has 2 N–H and O–H groups in total. The number of hydrogen-bond donors (Lipinski definition) is 2. The van der Waals surface area contributed by atoms with Crippen LogP contribution in [0.15, 0.2) is 9.59 Å². The summed E-state index contributed by atoms with van der Waals surface area (Å²) in [4.78, 5) is 32.8. The van der Waals surface area contributed by atoms with Crippen LogP contribution in [0.2, 0.25) is 0 Å². The van der Waals surface area contributed by atoms with Crippen LogP contribution in [0.5, 0.6) is 0 Å². The lowest BCUT2D eigenvalue weighted by Gasteiger charge is -2.02. The van der Waals surface area contributed by atoms with Crippen molar-refractivity contribution in [3.05, 3.63) is 26.7 Å². The molecule has 0 unspecified atom stereocenters. The smallest absolute Gasteiger partial charge is 0.330 e. The topological polar surface area (TPSA) is 83.5 Å². The predicted octanol–water partition coefficient (Wildman–Crippen LogP) is 0.686. The zero-order valence-electron chi connectivity index (χ0n) is 9.74. The summed E-state index contributed by atoms with van der Waals surface area (Å²) in [5.74, 6) is 1.41. The Balaban J connectivity index is 2.71. The fourth-order valence-corrected chi connectivity index (χ4v) is 2.14. The van der Waals surface area contributed by atoms with E-state index in [2.05, 4.69) is 15.0 Å². The summed E-state index contributed by atoms with van der Waals surface area (Å²) in [6.45, 7) is 2.52. The lowest BCUT2D eigenvalue weighted by atomic mass is 10.4. The number of H-pyrrole nitrogens is 2. The van der Waals surface area contributed by atoms with Crippen molar-refractivity contribution in [2.75, 3.05) is 6.26 Å². The van der Waals surface area contributed by atoms with E-state index in [0.717, 1.165) is 6.42 Å². The van der Waals surface area contributed by atoms with Crippen molar-refractivity contribution in [2.45, 2.75) is 25.6 Å². The molecular formula is C10H14N4O2S. The molecule has 0 aliphatic carbocycles. The van der Waals surface area contributed by atoms with E-state index in [4.69, 9.17) is 0 Å². The molecule has 0 saturated carbocycles. The van der Waals surface area contributed by atoms with Gasteiger partial charge in [-0.3, -0.25) is 14.3 Å². The average Bonchev–Trinajstić information content (AvgIpc) is 2.69. The van der Waals surface area contributed by atoms with E-state index in [1.54, 1.807) is 11.8 Å². The van der Waals surface area contributed by atoms with Gasteiger partial charge in [0, 0.05) is 6.54 Å². The minimum absolute atomic E-state index is 0.377. The zero-order chi connectivity index (χ0) is 12.4. The van der Waals surface area contributed by atoms with Crippen molar-refractivity contribution in [1.29, 1.82) is 0 Å². The minimum atomic E-state index is -0.405. The number of thioether (sulfide) groups is 1. The van der Waals surface area contributed by atoms with Crippen LogP contribution in [-0.4, -0.2) is 25.8 Å². The summed E-state index contributed by atoms with van der Waals surface area (Å²) in [6, 6.07) is 0. The van der Waals surface area contributed by atoms with Crippen LogP contribution in [0.1, 0.15) is 19.2 Å². The first-order valence-corrected chi connectivity index (χ1v) is 6.77. The van der Waals surface area contributed by atoms with Crippen molar-refractivity contribution >= 4 is 22.9 Å². The van der Waals surface area contributed by atoms with Gasteiger partial charge >= 0.3 is 5.69 Å². The number of aromatic nitrogens is 4. The summed E-state index contributed by atoms with van der Waals surface area (Å²) < 4.78 is 1.50. The molecule has 92 valence electrons. The highest BCUT2D eigenvalue weighted by Gasteiger charge is 2.11. The van der Waals surface area contributed by atoms with Gasteiger partial charge in [0.15, 0.2) is 5.65 Å². The van der Waals surface area contributed by atoms with Gasteiger partial charge in [-0.2, -0.15) is 11.8 Å². The number of nitrogens with zero attached hydrogens (tertiary/aromatic N) is 2. The predicted molar refractivity (Wildman–Crippen MR) is 68.5 cm³/mol. The summed E-state index contributed by atoms with van der Waals surface area (Å²) in [5, 5.41) is 0. The Morgan fingerprint density at radius 1 is 1.35 bits per heavy atom. The first-order valence-electron chi connectivity index (χ1n) is 5.38. The fraction of sp³-hybridized carbons (Fsp3) is 0.500. The highest BCUT2D eigenvalue weighted by atomic mass is 32.2. The van der Waals surface area contributed by atoms with Crippen LogP contribution in [0.25, 0.3) is 11.2 Å². The molecule has 0 saturated heterocycles. The van der Waals surface area contributed by atoms with Crippen molar-refractivity contribution in [2.24, 2.45) is 0 Å². The summed E-state index contributed by atoms with van der Waals surface area (Å²) >= 11 is 1.61. The van der Waals surface area contributed by atoms with E-state index in [1.165, 1.54) is 4.57 Å². The molecule has 0 atom stereocenters. The SMILES string of the molecule is CCCn1c(=O)[nH]c(=O)c2[nH]c(CSC)nc21. The highest BCUT2D eigenvalue weighted by molar-refractivity contribution is 7.97. The normalized spacial score (nSPS) is 11.2. The Kier molecular flexibility index (Phi) is 3.37. The van der Waals surface area contributed by atoms with Gasteiger partial charge in [0.05, 0.1) is 5.75 Å². The summed E-state index contributed by atoms with van der Waals surface area (Å²) in [7, 11) is 0. The lowest BCUT2D eigenvalue weighted by Crippen LogP contribution is -2.30. The third-order valence-electron chi connectivity index (χ3n) is 2.41.